The van der Waals surface area contributed by atoms with Crippen LogP contribution in [0.15, 0.2) is 101 Å². The van der Waals surface area contributed by atoms with Crippen molar-refractivity contribution in [2.24, 2.45) is 5.10 Å². The van der Waals surface area contributed by atoms with E-state index in [1.54, 1.807) is 30.3 Å². The summed E-state index contributed by atoms with van der Waals surface area (Å²) in [5.74, 6) is -0.0965. The average Bonchev–Trinajstić information content (AvgIpc) is 2.80. The molecule has 0 unspecified atom stereocenters. The van der Waals surface area contributed by atoms with Crippen molar-refractivity contribution < 1.29 is 17.9 Å². The Labute approximate surface area is 190 Å². The summed E-state index contributed by atoms with van der Waals surface area (Å²) in [7, 11) is -3.80. The molecule has 0 heterocycles. The van der Waals surface area contributed by atoms with E-state index < -0.39 is 16.0 Å². The number of carbonyl (C=O) groups is 1. The summed E-state index contributed by atoms with van der Waals surface area (Å²) in [6.45, 7) is 0. The molecule has 8 heteroatoms. The molecule has 160 valence electrons. The molecule has 0 saturated carbocycles. The molecule has 0 atom stereocenters. The zero-order valence-corrected chi connectivity index (χ0v) is 18.2. The Kier molecular flexibility index (Phi) is 6.20. The SMILES string of the molecule is O=C(Oc1ccc(/C=N\NS(=O)(=O)c2ccc(Cl)cc2)cc1)c1cccc2ccccc12. The van der Waals surface area contributed by atoms with E-state index in [1.807, 2.05) is 36.4 Å². The monoisotopic (exact) mass is 464 g/mol. The third-order valence-electron chi connectivity index (χ3n) is 4.61. The highest BCUT2D eigenvalue weighted by Crippen LogP contribution is 2.21. The van der Waals surface area contributed by atoms with Crippen molar-refractivity contribution in [1.29, 1.82) is 0 Å². The Bertz CT molecular complexity index is 1400. The standard InChI is InChI=1S/C24H17ClN2O4S/c25-19-10-14-21(15-11-19)32(29,30)27-26-16-17-8-12-20(13-9-17)31-24(28)23-7-3-5-18-4-1-2-6-22(18)23/h1-16,27H/b26-16-. The first-order valence-corrected chi connectivity index (χ1v) is 11.4. The number of halogens is 1. The first-order chi connectivity index (χ1) is 15.4. The van der Waals surface area contributed by atoms with Gasteiger partial charge in [0.1, 0.15) is 5.75 Å². The van der Waals surface area contributed by atoms with Gasteiger partial charge in [0, 0.05) is 5.02 Å². The number of nitrogens with one attached hydrogen (secondary N) is 1. The zero-order valence-electron chi connectivity index (χ0n) is 16.6. The molecule has 32 heavy (non-hydrogen) atoms. The summed E-state index contributed by atoms with van der Waals surface area (Å²) in [5, 5.41) is 5.99. The van der Waals surface area contributed by atoms with E-state index >= 15 is 0 Å². The maximum absolute atomic E-state index is 12.6. The molecular weight excluding hydrogens is 448 g/mol. The fourth-order valence-corrected chi connectivity index (χ4v) is 3.94. The van der Waals surface area contributed by atoms with Crippen LogP contribution in [0.3, 0.4) is 0 Å². The van der Waals surface area contributed by atoms with Crippen LogP contribution in [0.5, 0.6) is 5.75 Å². The number of hydrogen-bond acceptors (Lipinski definition) is 5. The second kappa shape index (κ2) is 9.21. The van der Waals surface area contributed by atoms with Crippen LogP contribution in [0.2, 0.25) is 5.02 Å². The van der Waals surface area contributed by atoms with E-state index in [1.165, 1.54) is 30.5 Å². The molecule has 0 fully saturated rings. The third kappa shape index (κ3) is 4.96. The Morgan fingerprint density at radius 3 is 2.31 bits per heavy atom. The zero-order chi connectivity index (χ0) is 22.6. The molecule has 0 bridgehead atoms. The van der Waals surface area contributed by atoms with Gasteiger partial charge in [-0.25, -0.2) is 9.63 Å². The quantitative estimate of drug-likeness (QED) is 0.188. The van der Waals surface area contributed by atoms with Gasteiger partial charge in [-0.05, 0) is 70.9 Å². The molecule has 0 aliphatic heterocycles. The maximum Gasteiger partial charge on any atom is 0.344 e. The van der Waals surface area contributed by atoms with E-state index in [2.05, 4.69) is 9.93 Å². The first kappa shape index (κ1) is 21.5. The van der Waals surface area contributed by atoms with E-state index in [4.69, 9.17) is 16.3 Å². The third-order valence-corrected chi connectivity index (χ3v) is 6.10. The summed E-state index contributed by atoms with van der Waals surface area (Å²) >= 11 is 5.77. The van der Waals surface area contributed by atoms with Crippen LogP contribution in [-0.4, -0.2) is 20.6 Å². The van der Waals surface area contributed by atoms with E-state index in [0.717, 1.165) is 10.8 Å². The number of benzene rings is 4. The van der Waals surface area contributed by atoms with Crippen molar-refractivity contribution in [2.45, 2.75) is 4.90 Å². The molecule has 0 spiro atoms. The predicted octanol–water partition coefficient (Wildman–Crippen LogP) is 5.02. The topological polar surface area (TPSA) is 84.8 Å². The van der Waals surface area contributed by atoms with Crippen LogP contribution < -0.4 is 9.57 Å². The minimum atomic E-state index is -3.80. The highest BCUT2D eigenvalue weighted by Gasteiger charge is 2.13. The van der Waals surface area contributed by atoms with Crippen LogP contribution in [-0.2, 0) is 10.0 Å². The van der Waals surface area contributed by atoms with Gasteiger partial charge >= 0.3 is 5.97 Å². The normalized spacial score (nSPS) is 11.5. The summed E-state index contributed by atoms with van der Waals surface area (Å²) in [5.41, 5.74) is 1.10. The van der Waals surface area contributed by atoms with Gasteiger partial charge in [-0.1, -0.05) is 48.0 Å². The summed E-state index contributed by atoms with van der Waals surface area (Å²) in [4.78, 5) is 14.8. The Balaban J connectivity index is 1.42. The number of carbonyl (C=O) groups excluding carboxylic acids is 1. The van der Waals surface area contributed by atoms with Crippen LogP contribution in [0.1, 0.15) is 15.9 Å². The molecule has 4 aromatic carbocycles. The summed E-state index contributed by atoms with van der Waals surface area (Å²) < 4.78 is 29.9. The lowest BCUT2D eigenvalue weighted by molar-refractivity contribution is 0.0737. The minimum Gasteiger partial charge on any atom is -0.423 e. The average molecular weight is 465 g/mol. The lowest BCUT2D eigenvalue weighted by Gasteiger charge is -2.07. The van der Waals surface area contributed by atoms with Gasteiger partial charge in [-0.2, -0.15) is 13.5 Å². The van der Waals surface area contributed by atoms with Crippen molar-refractivity contribution in [3.63, 3.8) is 0 Å². The second-order valence-electron chi connectivity index (χ2n) is 6.79. The van der Waals surface area contributed by atoms with Crippen molar-refractivity contribution in [1.82, 2.24) is 4.83 Å². The molecule has 0 aliphatic carbocycles. The number of fused-ring (bicyclic) bond motifs is 1. The summed E-state index contributed by atoms with van der Waals surface area (Å²) in [6.07, 6.45) is 1.35. The van der Waals surface area contributed by atoms with Gasteiger partial charge < -0.3 is 4.74 Å². The van der Waals surface area contributed by atoms with E-state index in [9.17, 15) is 13.2 Å². The minimum absolute atomic E-state index is 0.0507. The Morgan fingerprint density at radius 1 is 0.875 bits per heavy atom. The maximum atomic E-state index is 12.6. The Morgan fingerprint density at radius 2 is 1.56 bits per heavy atom. The molecule has 1 N–H and O–H groups in total. The number of nitrogens with zero attached hydrogens (tertiary/aromatic N) is 1. The fraction of sp³-hybridized carbons (Fsp3) is 0. The first-order valence-electron chi connectivity index (χ1n) is 9.53. The molecule has 4 rings (SSSR count). The van der Waals surface area contributed by atoms with Gasteiger partial charge in [0.15, 0.2) is 0 Å². The van der Waals surface area contributed by atoms with Crippen molar-refractivity contribution in [3.8, 4) is 5.75 Å². The van der Waals surface area contributed by atoms with Crippen LogP contribution >= 0.6 is 11.6 Å². The van der Waals surface area contributed by atoms with Crippen molar-refractivity contribution >= 4 is 44.6 Å². The van der Waals surface area contributed by atoms with Gasteiger partial charge in [0.25, 0.3) is 10.0 Å². The molecular formula is C24H17ClN2O4S. The van der Waals surface area contributed by atoms with Gasteiger partial charge in [-0.3, -0.25) is 0 Å². The number of sulfonamides is 1. The van der Waals surface area contributed by atoms with Crippen molar-refractivity contribution in [2.75, 3.05) is 0 Å². The Hall–Kier alpha value is -3.68. The van der Waals surface area contributed by atoms with Crippen LogP contribution in [0.4, 0.5) is 0 Å². The van der Waals surface area contributed by atoms with E-state index in [0.29, 0.717) is 21.9 Å². The highest BCUT2D eigenvalue weighted by molar-refractivity contribution is 7.89. The molecule has 0 radical (unpaired) electrons. The lowest BCUT2D eigenvalue weighted by atomic mass is 10.0. The number of ether oxygens (including phenoxy) is 1. The molecule has 6 nitrogen and oxygen atoms in total. The fourth-order valence-electron chi connectivity index (χ4n) is 3.02. The molecule has 0 aromatic heterocycles. The second-order valence-corrected chi connectivity index (χ2v) is 8.89. The molecule has 0 amide bonds. The number of hydrazone groups is 1. The smallest absolute Gasteiger partial charge is 0.344 e. The van der Waals surface area contributed by atoms with Crippen LogP contribution in [0, 0.1) is 0 Å². The van der Waals surface area contributed by atoms with Crippen molar-refractivity contribution in [3.05, 3.63) is 107 Å². The number of rotatable bonds is 6. The molecule has 0 aliphatic rings. The van der Waals surface area contributed by atoms with Crippen LogP contribution in [0.25, 0.3) is 10.8 Å². The predicted molar refractivity (Wildman–Crippen MR) is 125 cm³/mol. The van der Waals surface area contributed by atoms with E-state index in [-0.39, 0.29) is 4.90 Å². The number of hydrogen-bond donors (Lipinski definition) is 1. The largest absolute Gasteiger partial charge is 0.423 e. The van der Waals surface area contributed by atoms with Gasteiger partial charge in [-0.15, -0.1) is 0 Å². The summed E-state index contributed by atoms with van der Waals surface area (Å²) in [6, 6.07) is 25.3. The van der Waals surface area contributed by atoms with Gasteiger partial charge in [0.2, 0.25) is 0 Å². The number of esters is 1. The molecule has 4 aromatic rings. The molecule has 0 saturated heterocycles. The lowest BCUT2D eigenvalue weighted by Crippen LogP contribution is -2.18. The van der Waals surface area contributed by atoms with Gasteiger partial charge in [0.05, 0.1) is 16.7 Å². The highest BCUT2D eigenvalue weighted by atomic mass is 35.5.